The molecule has 0 aliphatic carbocycles. The second-order valence-corrected chi connectivity index (χ2v) is 4.36. The predicted molar refractivity (Wildman–Crippen MR) is 72.9 cm³/mol. The third-order valence-corrected chi connectivity index (χ3v) is 2.90. The van der Waals surface area contributed by atoms with Gasteiger partial charge in [-0.15, -0.1) is 0 Å². The molecule has 0 saturated heterocycles. The van der Waals surface area contributed by atoms with Gasteiger partial charge in [-0.2, -0.15) is 0 Å². The van der Waals surface area contributed by atoms with Crippen molar-refractivity contribution >= 4 is 11.6 Å². The number of rotatable bonds is 4. The number of aromatic hydroxyl groups is 1. The Labute approximate surface area is 115 Å². The minimum absolute atomic E-state index is 0.0756. The largest absolute Gasteiger partial charge is 0.506 e. The van der Waals surface area contributed by atoms with Crippen LogP contribution in [0.1, 0.15) is 21.6 Å². The van der Waals surface area contributed by atoms with Crippen LogP contribution in [0.25, 0.3) is 0 Å². The zero-order valence-electron chi connectivity index (χ0n) is 10.9. The molecule has 1 aromatic heterocycles. The predicted octanol–water partition coefficient (Wildman–Crippen LogP) is 1.95. The highest BCUT2D eigenvalue weighted by molar-refractivity contribution is 5.94. The van der Waals surface area contributed by atoms with Crippen molar-refractivity contribution in [2.45, 2.75) is 13.5 Å². The number of amides is 1. The summed E-state index contributed by atoms with van der Waals surface area (Å²) < 4.78 is 13.7. The summed E-state index contributed by atoms with van der Waals surface area (Å²) in [6.07, 6.45) is 1.32. The van der Waals surface area contributed by atoms with Gasteiger partial charge in [0.1, 0.15) is 11.6 Å². The molecule has 0 bridgehead atoms. The van der Waals surface area contributed by atoms with Crippen molar-refractivity contribution in [3.63, 3.8) is 0 Å². The van der Waals surface area contributed by atoms with E-state index in [1.165, 1.54) is 18.3 Å². The van der Waals surface area contributed by atoms with Gasteiger partial charge in [0, 0.05) is 16.8 Å². The molecular weight excluding hydrogens is 261 g/mol. The van der Waals surface area contributed by atoms with Crippen LogP contribution in [-0.2, 0) is 6.54 Å². The SMILES string of the molecule is Cc1c(F)cc(C(N)=O)cc1NCc1ccc(O)cn1. The van der Waals surface area contributed by atoms with E-state index >= 15 is 0 Å². The molecule has 2 aromatic rings. The van der Waals surface area contributed by atoms with E-state index in [1.807, 2.05) is 0 Å². The molecule has 0 aliphatic rings. The smallest absolute Gasteiger partial charge is 0.248 e. The number of primary amides is 1. The summed E-state index contributed by atoms with van der Waals surface area (Å²) in [7, 11) is 0. The van der Waals surface area contributed by atoms with Gasteiger partial charge < -0.3 is 16.2 Å². The number of nitrogens with zero attached hydrogens (tertiary/aromatic N) is 1. The average Bonchev–Trinajstić information content (AvgIpc) is 2.42. The standard InChI is InChI=1S/C14H14FN3O2/c1-8-12(15)4-9(14(16)20)5-13(8)18-6-10-2-3-11(19)7-17-10/h2-5,7,18-19H,6H2,1H3,(H2,16,20). The number of carbonyl (C=O) groups excluding carboxylic acids is 1. The lowest BCUT2D eigenvalue weighted by atomic mass is 10.1. The molecule has 4 N–H and O–H groups in total. The summed E-state index contributed by atoms with van der Waals surface area (Å²) in [4.78, 5) is 15.1. The van der Waals surface area contributed by atoms with E-state index in [0.29, 0.717) is 23.5 Å². The number of aromatic nitrogens is 1. The molecule has 6 heteroatoms. The van der Waals surface area contributed by atoms with Gasteiger partial charge in [-0.25, -0.2) is 4.39 Å². The van der Waals surface area contributed by atoms with Gasteiger partial charge in [0.2, 0.25) is 5.91 Å². The third-order valence-electron chi connectivity index (χ3n) is 2.90. The van der Waals surface area contributed by atoms with Crippen LogP contribution < -0.4 is 11.1 Å². The van der Waals surface area contributed by atoms with Crippen LogP contribution in [0.4, 0.5) is 10.1 Å². The van der Waals surface area contributed by atoms with E-state index < -0.39 is 11.7 Å². The molecule has 0 spiro atoms. The number of halogens is 1. The van der Waals surface area contributed by atoms with Crippen molar-refractivity contribution in [1.29, 1.82) is 0 Å². The molecule has 1 amide bonds. The lowest BCUT2D eigenvalue weighted by Gasteiger charge is -2.11. The molecule has 5 nitrogen and oxygen atoms in total. The van der Waals surface area contributed by atoms with Crippen LogP contribution in [0.5, 0.6) is 5.75 Å². The zero-order chi connectivity index (χ0) is 14.7. The number of anilines is 1. The molecule has 1 aromatic carbocycles. The molecule has 2 rings (SSSR count). The number of carbonyl (C=O) groups is 1. The summed E-state index contributed by atoms with van der Waals surface area (Å²) >= 11 is 0. The fourth-order valence-electron chi connectivity index (χ4n) is 1.71. The van der Waals surface area contributed by atoms with Crippen LogP contribution in [0, 0.1) is 12.7 Å². The Hall–Kier alpha value is -2.63. The van der Waals surface area contributed by atoms with Crippen molar-refractivity contribution in [1.82, 2.24) is 4.98 Å². The highest BCUT2D eigenvalue weighted by atomic mass is 19.1. The zero-order valence-corrected chi connectivity index (χ0v) is 10.9. The number of pyridine rings is 1. The summed E-state index contributed by atoms with van der Waals surface area (Å²) in [5.74, 6) is -1.11. The van der Waals surface area contributed by atoms with Crippen LogP contribution in [-0.4, -0.2) is 16.0 Å². The molecule has 0 atom stereocenters. The fourth-order valence-corrected chi connectivity index (χ4v) is 1.71. The van der Waals surface area contributed by atoms with Gasteiger partial charge >= 0.3 is 0 Å². The first-order chi connectivity index (χ1) is 9.47. The number of nitrogens with two attached hydrogens (primary N) is 1. The maximum Gasteiger partial charge on any atom is 0.248 e. The van der Waals surface area contributed by atoms with E-state index in [0.717, 1.165) is 6.07 Å². The van der Waals surface area contributed by atoms with Crippen molar-refractivity contribution in [2.24, 2.45) is 5.73 Å². The maximum absolute atomic E-state index is 13.7. The van der Waals surface area contributed by atoms with Gasteiger partial charge in [0.25, 0.3) is 0 Å². The maximum atomic E-state index is 13.7. The molecule has 0 unspecified atom stereocenters. The Bertz CT molecular complexity index is 642. The Morgan fingerprint density at radius 2 is 2.20 bits per heavy atom. The Morgan fingerprint density at radius 1 is 1.45 bits per heavy atom. The number of hydrogen-bond donors (Lipinski definition) is 3. The van der Waals surface area contributed by atoms with Crippen molar-refractivity contribution in [2.75, 3.05) is 5.32 Å². The molecule has 20 heavy (non-hydrogen) atoms. The lowest BCUT2D eigenvalue weighted by Crippen LogP contribution is -2.13. The Balaban J connectivity index is 2.20. The minimum atomic E-state index is -0.685. The van der Waals surface area contributed by atoms with Crippen molar-refractivity contribution in [3.8, 4) is 5.75 Å². The van der Waals surface area contributed by atoms with Crippen LogP contribution >= 0.6 is 0 Å². The monoisotopic (exact) mass is 275 g/mol. The summed E-state index contributed by atoms with van der Waals surface area (Å²) in [6, 6.07) is 5.77. The highest BCUT2D eigenvalue weighted by Gasteiger charge is 2.10. The first kappa shape index (κ1) is 13.8. The van der Waals surface area contributed by atoms with Gasteiger partial charge in [-0.3, -0.25) is 9.78 Å². The molecular formula is C14H14FN3O2. The van der Waals surface area contributed by atoms with Crippen LogP contribution in [0.15, 0.2) is 30.5 Å². The van der Waals surface area contributed by atoms with E-state index in [4.69, 9.17) is 10.8 Å². The molecule has 0 saturated carbocycles. The molecule has 0 aliphatic heterocycles. The minimum Gasteiger partial charge on any atom is -0.506 e. The van der Waals surface area contributed by atoms with E-state index in [-0.39, 0.29) is 11.3 Å². The topological polar surface area (TPSA) is 88.2 Å². The number of benzene rings is 1. The second-order valence-electron chi connectivity index (χ2n) is 4.36. The molecule has 0 radical (unpaired) electrons. The van der Waals surface area contributed by atoms with Gasteiger partial charge in [0.05, 0.1) is 18.4 Å². The van der Waals surface area contributed by atoms with Crippen LogP contribution in [0.2, 0.25) is 0 Å². The normalized spacial score (nSPS) is 10.3. The number of nitrogens with one attached hydrogen (secondary N) is 1. The third kappa shape index (κ3) is 3.03. The number of hydrogen-bond acceptors (Lipinski definition) is 4. The Morgan fingerprint density at radius 3 is 2.80 bits per heavy atom. The highest BCUT2D eigenvalue weighted by Crippen LogP contribution is 2.21. The van der Waals surface area contributed by atoms with Crippen molar-refractivity contribution in [3.05, 3.63) is 53.1 Å². The molecule has 1 heterocycles. The summed E-state index contributed by atoms with van der Waals surface area (Å²) in [6.45, 7) is 1.94. The Kier molecular flexibility index (Phi) is 3.84. The molecule has 0 fully saturated rings. The fraction of sp³-hybridized carbons (Fsp3) is 0.143. The average molecular weight is 275 g/mol. The first-order valence-corrected chi connectivity index (χ1v) is 5.95. The quantitative estimate of drug-likeness (QED) is 0.795. The van der Waals surface area contributed by atoms with Gasteiger partial charge in [-0.1, -0.05) is 0 Å². The second kappa shape index (κ2) is 5.56. The van der Waals surface area contributed by atoms with Gasteiger partial charge in [0.15, 0.2) is 0 Å². The molecule has 104 valence electrons. The van der Waals surface area contributed by atoms with E-state index in [1.54, 1.807) is 13.0 Å². The lowest BCUT2D eigenvalue weighted by molar-refractivity contribution is 0.1000. The summed E-state index contributed by atoms with van der Waals surface area (Å²) in [5, 5.41) is 12.1. The van der Waals surface area contributed by atoms with E-state index in [2.05, 4.69) is 10.3 Å². The first-order valence-electron chi connectivity index (χ1n) is 5.95. The summed E-state index contributed by atoms with van der Waals surface area (Å²) in [5.41, 5.74) is 6.81. The van der Waals surface area contributed by atoms with Crippen LogP contribution in [0.3, 0.4) is 0 Å². The van der Waals surface area contributed by atoms with Crippen molar-refractivity contribution < 1.29 is 14.3 Å². The van der Waals surface area contributed by atoms with Gasteiger partial charge in [-0.05, 0) is 31.2 Å². The van der Waals surface area contributed by atoms with E-state index in [9.17, 15) is 9.18 Å².